The first-order valence-corrected chi connectivity index (χ1v) is 8.36. The average molecular weight is 419 g/mol. The van der Waals surface area contributed by atoms with E-state index in [1.807, 2.05) is 24.3 Å². The van der Waals surface area contributed by atoms with E-state index in [9.17, 15) is 14.4 Å². The Hall–Kier alpha value is -3.01. The number of amides is 1. The third kappa shape index (κ3) is 3.36. The van der Waals surface area contributed by atoms with Crippen LogP contribution in [-0.2, 0) is 25.4 Å². The molecule has 10 heteroatoms. The molecule has 1 amide bonds. The number of hydrogen-bond donors (Lipinski definition) is 1. The zero-order chi connectivity index (χ0) is 18.8. The number of aromatic nitrogens is 4. The second-order valence-electron chi connectivity index (χ2n) is 5.60. The van der Waals surface area contributed by atoms with Gasteiger partial charge in [0.05, 0.1) is 12.5 Å². The van der Waals surface area contributed by atoms with Crippen LogP contribution >= 0.6 is 15.9 Å². The summed E-state index contributed by atoms with van der Waals surface area (Å²) in [6.07, 6.45) is 2.86. The second-order valence-corrected chi connectivity index (χ2v) is 6.51. The smallest absolute Gasteiger partial charge is 0.315 e. The molecule has 0 radical (unpaired) electrons. The first kappa shape index (κ1) is 17.8. The molecule has 0 aliphatic rings. The summed E-state index contributed by atoms with van der Waals surface area (Å²) in [4.78, 5) is 40.4. The summed E-state index contributed by atoms with van der Waals surface area (Å²) in [7, 11) is 2.90. The van der Waals surface area contributed by atoms with Gasteiger partial charge in [-0.05, 0) is 17.7 Å². The molecule has 0 bridgehead atoms. The lowest BCUT2D eigenvalue weighted by molar-refractivity contribution is -0.121. The number of hydrogen-bond acceptors (Lipinski definition) is 5. The molecule has 0 fully saturated rings. The number of nitrogens with zero attached hydrogens (tertiary/aromatic N) is 5. The molecule has 0 saturated carbocycles. The lowest BCUT2D eigenvalue weighted by atomic mass is 10.2. The molecule has 0 unspecified atom stereocenters. The van der Waals surface area contributed by atoms with E-state index >= 15 is 0 Å². The molecule has 2 heterocycles. The van der Waals surface area contributed by atoms with Crippen molar-refractivity contribution >= 4 is 39.2 Å². The second kappa shape index (κ2) is 7.08. The number of nitrogens with one attached hydrogen (secondary N) is 1. The van der Waals surface area contributed by atoms with Crippen molar-refractivity contribution in [3.05, 3.63) is 61.5 Å². The largest absolute Gasteiger partial charge is 0.332 e. The molecule has 134 valence electrons. The van der Waals surface area contributed by atoms with Gasteiger partial charge in [0.1, 0.15) is 6.54 Å². The summed E-state index contributed by atoms with van der Waals surface area (Å²) in [5, 5.41) is 3.89. The molecule has 1 N–H and O–H groups in total. The topological polar surface area (TPSA) is 103 Å². The first-order chi connectivity index (χ1) is 12.4. The first-order valence-electron chi connectivity index (χ1n) is 7.57. The van der Waals surface area contributed by atoms with Gasteiger partial charge in [0.15, 0.2) is 11.2 Å². The minimum Gasteiger partial charge on any atom is -0.315 e. The molecule has 3 rings (SSSR count). The highest BCUT2D eigenvalue weighted by Gasteiger charge is 2.15. The van der Waals surface area contributed by atoms with E-state index in [-0.39, 0.29) is 17.7 Å². The molecule has 1 aromatic carbocycles. The van der Waals surface area contributed by atoms with Crippen molar-refractivity contribution in [1.82, 2.24) is 24.1 Å². The number of aryl methyl sites for hydroxylation is 1. The Kier molecular flexibility index (Phi) is 4.85. The zero-order valence-corrected chi connectivity index (χ0v) is 15.6. The third-order valence-electron chi connectivity index (χ3n) is 3.80. The van der Waals surface area contributed by atoms with E-state index in [1.54, 1.807) is 0 Å². The molecule has 0 saturated heterocycles. The molecule has 0 atom stereocenters. The van der Waals surface area contributed by atoms with E-state index in [0.717, 1.165) is 14.6 Å². The summed E-state index contributed by atoms with van der Waals surface area (Å²) >= 11 is 3.34. The number of halogens is 1. The van der Waals surface area contributed by atoms with Crippen LogP contribution in [0.5, 0.6) is 0 Å². The molecule has 3 aromatic rings. The number of rotatable bonds is 4. The molecule has 0 spiro atoms. The predicted octanol–water partition coefficient (Wildman–Crippen LogP) is 0.347. The van der Waals surface area contributed by atoms with Crippen LogP contribution in [-0.4, -0.2) is 30.8 Å². The lowest BCUT2D eigenvalue weighted by Gasteiger charge is -2.05. The van der Waals surface area contributed by atoms with E-state index < -0.39 is 17.2 Å². The summed E-state index contributed by atoms with van der Waals surface area (Å²) in [5.74, 6) is -0.423. The Morgan fingerprint density at radius 3 is 2.62 bits per heavy atom. The van der Waals surface area contributed by atoms with Crippen LogP contribution in [0, 0.1) is 0 Å². The van der Waals surface area contributed by atoms with Gasteiger partial charge < -0.3 is 4.57 Å². The Morgan fingerprint density at radius 2 is 1.92 bits per heavy atom. The maximum atomic E-state index is 12.3. The average Bonchev–Trinajstić information content (AvgIpc) is 3.03. The van der Waals surface area contributed by atoms with E-state index in [0.29, 0.717) is 0 Å². The highest BCUT2D eigenvalue weighted by molar-refractivity contribution is 9.10. The van der Waals surface area contributed by atoms with Gasteiger partial charge in [0.2, 0.25) is 0 Å². The Morgan fingerprint density at radius 1 is 1.23 bits per heavy atom. The van der Waals surface area contributed by atoms with Crippen molar-refractivity contribution in [2.45, 2.75) is 6.54 Å². The van der Waals surface area contributed by atoms with Gasteiger partial charge >= 0.3 is 5.69 Å². The van der Waals surface area contributed by atoms with Crippen molar-refractivity contribution in [2.75, 3.05) is 0 Å². The minimum absolute atomic E-state index is 0.151. The molecular formula is C16H15BrN6O3. The highest BCUT2D eigenvalue weighted by atomic mass is 79.9. The maximum Gasteiger partial charge on any atom is 0.332 e. The Balaban J connectivity index is 1.79. The van der Waals surface area contributed by atoms with Crippen molar-refractivity contribution in [2.24, 2.45) is 19.2 Å². The van der Waals surface area contributed by atoms with Gasteiger partial charge in [0.25, 0.3) is 11.5 Å². The molecular weight excluding hydrogens is 404 g/mol. The fourth-order valence-corrected chi connectivity index (χ4v) is 2.70. The standard InChI is InChI=1S/C16H15BrN6O3/c1-21-14-13(15(25)22(2)16(21)26)23(9-18-14)8-12(24)20-19-7-10-3-5-11(17)6-4-10/h3-7,9H,8H2,1-2H3,(H,20,24). The quantitative estimate of drug-likeness (QED) is 0.487. The molecule has 2 aromatic heterocycles. The van der Waals surface area contributed by atoms with E-state index in [1.165, 1.54) is 35.8 Å². The van der Waals surface area contributed by atoms with E-state index in [2.05, 4.69) is 31.4 Å². The highest BCUT2D eigenvalue weighted by Crippen LogP contribution is 2.09. The van der Waals surface area contributed by atoms with Crippen LogP contribution in [0.1, 0.15) is 5.56 Å². The molecule has 0 aliphatic heterocycles. The number of benzene rings is 1. The predicted molar refractivity (Wildman–Crippen MR) is 100 cm³/mol. The normalized spacial score (nSPS) is 11.3. The van der Waals surface area contributed by atoms with Crippen molar-refractivity contribution in [1.29, 1.82) is 0 Å². The molecule has 9 nitrogen and oxygen atoms in total. The van der Waals surface area contributed by atoms with Crippen molar-refractivity contribution < 1.29 is 4.79 Å². The fourth-order valence-electron chi connectivity index (χ4n) is 2.43. The fraction of sp³-hybridized carbons (Fsp3) is 0.188. The summed E-state index contributed by atoms with van der Waals surface area (Å²) < 4.78 is 4.57. The van der Waals surface area contributed by atoms with Crippen LogP contribution in [0.2, 0.25) is 0 Å². The van der Waals surface area contributed by atoms with Crippen LogP contribution in [0.25, 0.3) is 11.2 Å². The summed E-state index contributed by atoms with van der Waals surface area (Å²) in [6, 6.07) is 7.41. The van der Waals surface area contributed by atoms with Gasteiger partial charge in [-0.15, -0.1) is 0 Å². The monoisotopic (exact) mass is 418 g/mol. The number of carbonyl (C=O) groups excluding carboxylic acids is 1. The van der Waals surface area contributed by atoms with Gasteiger partial charge in [-0.3, -0.25) is 18.7 Å². The van der Waals surface area contributed by atoms with Crippen LogP contribution < -0.4 is 16.7 Å². The number of hydrazone groups is 1. The third-order valence-corrected chi connectivity index (χ3v) is 4.33. The molecule has 0 aliphatic carbocycles. The minimum atomic E-state index is -0.508. The lowest BCUT2D eigenvalue weighted by Crippen LogP contribution is -2.38. The van der Waals surface area contributed by atoms with Crippen LogP contribution in [0.3, 0.4) is 0 Å². The van der Waals surface area contributed by atoms with Gasteiger partial charge in [-0.1, -0.05) is 28.1 Å². The van der Waals surface area contributed by atoms with Crippen LogP contribution in [0.4, 0.5) is 0 Å². The number of imidazole rings is 1. The van der Waals surface area contributed by atoms with Crippen molar-refractivity contribution in [3.8, 4) is 0 Å². The van der Waals surface area contributed by atoms with Gasteiger partial charge in [0, 0.05) is 18.6 Å². The zero-order valence-electron chi connectivity index (χ0n) is 14.0. The summed E-state index contributed by atoms with van der Waals surface area (Å²) in [6.45, 7) is -0.151. The molecule has 26 heavy (non-hydrogen) atoms. The number of carbonyl (C=O) groups is 1. The van der Waals surface area contributed by atoms with E-state index in [4.69, 9.17) is 0 Å². The van der Waals surface area contributed by atoms with Gasteiger partial charge in [-0.2, -0.15) is 5.10 Å². The summed E-state index contributed by atoms with van der Waals surface area (Å²) in [5.41, 5.74) is 2.65. The number of fused-ring (bicyclic) bond motifs is 1. The maximum absolute atomic E-state index is 12.3. The Labute approximate surface area is 155 Å². The SMILES string of the molecule is Cn1c(=O)c2c(ncn2CC(=O)NN=Cc2ccc(Br)cc2)n(C)c1=O. The van der Waals surface area contributed by atoms with Crippen molar-refractivity contribution in [3.63, 3.8) is 0 Å². The van der Waals surface area contributed by atoms with Crippen LogP contribution in [0.15, 0.2) is 49.8 Å². The van der Waals surface area contributed by atoms with Gasteiger partial charge in [-0.25, -0.2) is 15.2 Å². The Bertz CT molecular complexity index is 1120.